The molecule has 14 heteroatoms. The molecule has 1 atom stereocenters. The number of carbonyl (C=O) groups excluding carboxylic acids is 3. The molecule has 214 valence electrons. The highest BCUT2D eigenvalue weighted by atomic mass is 32.2. The average molecular weight is 590 g/mol. The molecule has 0 bridgehead atoms. The van der Waals surface area contributed by atoms with Crippen LogP contribution in [-0.4, -0.2) is 63.0 Å². The van der Waals surface area contributed by atoms with Crippen LogP contribution in [0.1, 0.15) is 32.3 Å². The molecule has 12 nitrogen and oxygen atoms in total. The van der Waals surface area contributed by atoms with E-state index in [2.05, 4.69) is 26.0 Å². The van der Waals surface area contributed by atoms with Crippen molar-refractivity contribution in [3.05, 3.63) is 88.1 Å². The predicted octanol–water partition coefficient (Wildman–Crippen LogP) is 1.77. The zero-order valence-electron chi connectivity index (χ0n) is 20.5. The number of rotatable bonds is 13. The summed E-state index contributed by atoms with van der Waals surface area (Å²) in [5.74, 6) is -2.59. The lowest BCUT2D eigenvalue weighted by atomic mass is 10.2. The van der Waals surface area contributed by atoms with Crippen molar-refractivity contribution in [2.45, 2.75) is 24.9 Å². The molecule has 2 aromatic carbocycles. The van der Waals surface area contributed by atoms with Gasteiger partial charge in [-0.05, 0) is 29.8 Å². The van der Waals surface area contributed by atoms with Gasteiger partial charge in [-0.3, -0.25) is 14.4 Å². The zero-order valence-corrected chi connectivity index (χ0v) is 22.2. The third-order valence-corrected chi connectivity index (χ3v) is 7.73. The van der Waals surface area contributed by atoms with Crippen molar-refractivity contribution in [1.82, 2.24) is 26.0 Å². The lowest BCUT2D eigenvalue weighted by molar-refractivity contribution is -0.138. The van der Waals surface area contributed by atoms with Crippen molar-refractivity contribution in [1.29, 1.82) is 0 Å². The number of nitrogens with one attached hydrogen (secondary N) is 5. The summed E-state index contributed by atoms with van der Waals surface area (Å²) in [6.45, 7) is 0.183. The van der Waals surface area contributed by atoms with E-state index in [4.69, 9.17) is 0 Å². The molecule has 4 amide bonds. The first-order valence-corrected chi connectivity index (χ1v) is 14.0. The Morgan fingerprint density at radius 1 is 0.750 bits per heavy atom. The third kappa shape index (κ3) is 9.80. The van der Waals surface area contributed by atoms with Crippen molar-refractivity contribution < 1.29 is 32.7 Å². The number of benzene rings is 2. The van der Waals surface area contributed by atoms with E-state index in [1.807, 2.05) is 30.3 Å². The molecule has 0 radical (unpaired) electrons. The van der Waals surface area contributed by atoms with Gasteiger partial charge in [-0.15, -0.1) is 11.3 Å². The molecular formula is C26H31N5O7S2. The molecule has 1 heterocycles. The van der Waals surface area contributed by atoms with Gasteiger partial charge in [0, 0.05) is 26.2 Å². The maximum atomic E-state index is 12.5. The summed E-state index contributed by atoms with van der Waals surface area (Å²) in [7, 11) is -4.12. The van der Waals surface area contributed by atoms with Crippen LogP contribution in [0.3, 0.4) is 0 Å². The first-order chi connectivity index (χ1) is 18.7. The SMILES string of the molecule is C.O=C(NCCNC(=O)c1ccc(C(=O)NC[C@H](NS(=O)(=O)c2ccccc2)C(=O)O)s1)NCc1ccccc1. The summed E-state index contributed by atoms with van der Waals surface area (Å²) < 4.78 is 26.9. The maximum Gasteiger partial charge on any atom is 0.323 e. The highest BCUT2D eigenvalue weighted by Crippen LogP contribution is 2.16. The quantitative estimate of drug-likeness (QED) is 0.164. The van der Waals surface area contributed by atoms with E-state index < -0.39 is 40.4 Å². The molecule has 0 unspecified atom stereocenters. The Morgan fingerprint density at radius 3 is 1.90 bits per heavy atom. The van der Waals surface area contributed by atoms with E-state index in [0.29, 0.717) is 6.54 Å². The van der Waals surface area contributed by atoms with Crippen LogP contribution >= 0.6 is 11.3 Å². The molecule has 1 aromatic heterocycles. The summed E-state index contributed by atoms with van der Waals surface area (Å²) in [6, 6.07) is 17.5. The average Bonchev–Trinajstić information content (AvgIpc) is 3.43. The lowest BCUT2D eigenvalue weighted by Gasteiger charge is -2.15. The van der Waals surface area contributed by atoms with E-state index >= 15 is 0 Å². The lowest BCUT2D eigenvalue weighted by Crippen LogP contribution is -2.48. The Bertz CT molecular complexity index is 1400. The third-order valence-electron chi connectivity index (χ3n) is 5.16. The van der Waals surface area contributed by atoms with Crippen LogP contribution in [0.4, 0.5) is 4.79 Å². The minimum Gasteiger partial charge on any atom is -0.480 e. The van der Waals surface area contributed by atoms with Crippen LogP contribution in [-0.2, 0) is 21.4 Å². The van der Waals surface area contributed by atoms with Gasteiger partial charge in [0.25, 0.3) is 11.8 Å². The first-order valence-electron chi connectivity index (χ1n) is 11.7. The van der Waals surface area contributed by atoms with Crippen molar-refractivity contribution >= 4 is 45.2 Å². The topological polar surface area (TPSA) is 183 Å². The number of amides is 4. The van der Waals surface area contributed by atoms with Gasteiger partial charge in [-0.2, -0.15) is 4.72 Å². The second kappa shape index (κ2) is 15.4. The Morgan fingerprint density at radius 2 is 1.30 bits per heavy atom. The highest BCUT2D eigenvalue weighted by Gasteiger charge is 2.26. The maximum absolute atomic E-state index is 12.5. The number of hydrogen-bond acceptors (Lipinski definition) is 7. The second-order valence-corrected chi connectivity index (χ2v) is 10.8. The van der Waals surface area contributed by atoms with Crippen LogP contribution in [0.25, 0.3) is 0 Å². The minimum absolute atomic E-state index is 0. The van der Waals surface area contributed by atoms with Crippen molar-refractivity contribution in [3.63, 3.8) is 0 Å². The molecule has 0 aliphatic rings. The predicted molar refractivity (Wildman–Crippen MR) is 151 cm³/mol. The van der Waals surface area contributed by atoms with Crippen molar-refractivity contribution in [3.8, 4) is 0 Å². The summed E-state index contributed by atoms with van der Waals surface area (Å²) in [4.78, 5) is 48.5. The number of carbonyl (C=O) groups is 4. The fourth-order valence-corrected chi connectivity index (χ4v) is 5.23. The summed E-state index contributed by atoms with van der Waals surface area (Å²) in [5, 5.41) is 19.7. The molecule has 0 saturated carbocycles. The van der Waals surface area contributed by atoms with Crippen LogP contribution in [0.15, 0.2) is 77.7 Å². The number of aliphatic carboxylic acids is 1. The minimum atomic E-state index is -4.12. The Balaban J connectivity index is 0.00000560. The number of carboxylic acids is 1. The van der Waals surface area contributed by atoms with E-state index in [0.717, 1.165) is 16.9 Å². The van der Waals surface area contributed by atoms with Gasteiger partial charge in [0.15, 0.2) is 0 Å². The van der Waals surface area contributed by atoms with Gasteiger partial charge in [-0.25, -0.2) is 13.2 Å². The molecule has 0 spiro atoms. The normalized spacial score (nSPS) is 11.4. The van der Waals surface area contributed by atoms with Crippen molar-refractivity contribution in [2.24, 2.45) is 0 Å². The van der Waals surface area contributed by atoms with Gasteiger partial charge in [0.2, 0.25) is 10.0 Å². The number of carboxylic acid groups (broad SMARTS) is 1. The summed E-state index contributed by atoms with van der Waals surface area (Å²) in [6.07, 6.45) is 0. The molecule has 40 heavy (non-hydrogen) atoms. The number of thiophene rings is 1. The van der Waals surface area contributed by atoms with Crippen LogP contribution in [0.2, 0.25) is 0 Å². The van der Waals surface area contributed by atoms with E-state index in [1.54, 1.807) is 6.07 Å². The second-order valence-electron chi connectivity index (χ2n) is 8.05. The molecule has 3 rings (SSSR count). The fourth-order valence-electron chi connectivity index (χ4n) is 3.18. The van der Waals surface area contributed by atoms with Gasteiger partial charge in [0.05, 0.1) is 14.6 Å². The van der Waals surface area contributed by atoms with Crippen molar-refractivity contribution in [2.75, 3.05) is 19.6 Å². The molecule has 3 aromatic rings. The number of hydrogen-bond donors (Lipinski definition) is 6. The molecule has 0 fully saturated rings. The zero-order chi connectivity index (χ0) is 28.3. The molecule has 0 aliphatic carbocycles. The monoisotopic (exact) mass is 589 g/mol. The fraction of sp³-hybridized carbons (Fsp3) is 0.231. The molecule has 0 aliphatic heterocycles. The van der Waals surface area contributed by atoms with E-state index in [9.17, 15) is 32.7 Å². The molecule has 6 N–H and O–H groups in total. The van der Waals surface area contributed by atoms with Gasteiger partial charge >= 0.3 is 12.0 Å². The highest BCUT2D eigenvalue weighted by molar-refractivity contribution is 7.89. The Kier molecular flexibility index (Phi) is 12.3. The van der Waals surface area contributed by atoms with Crippen LogP contribution < -0.4 is 26.0 Å². The Labute approximate surface area is 236 Å². The van der Waals surface area contributed by atoms with Gasteiger partial charge in [-0.1, -0.05) is 56.0 Å². The van der Waals surface area contributed by atoms with E-state index in [-0.39, 0.29) is 41.2 Å². The number of urea groups is 1. The van der Waals surface area contributed by atoms with Crippen LogP contribution in [0, 0.1) is 0 Å². The first kappa shape index (κ1) is 31.9. The van der Waals surface area contributed by atoms with E-state index in [1.165, 1.54) is 36.4 Å². The smallest absolute Gasteiger partial charge is 0.323 e. The Hall–Kier alpha value is -4.27. The molecular weight excluding hydrogens is 558 g/mol. The van der Waals surface area contributed by atoms with Gasteiger partial charge < -0.3 is 26.4 Å². The van der Waals surface area contributed by atoms with Crippen LogP contribution in [0.5, 0.6) is 0 Å². The molecule has 0 saturated heterocycles. The van der Waals surface area contributed by atoms with Gasteiger partial charge in [0.1, 0.15) is 6.04 Å². The number of sulfonamides is 1. The summed E-state index contributed by atoms with van der Waals surface area (Å²) in [5.41, 5.74) is 0.949. The largest absolute Gasteiger partial charge is 0.480 e. The standard InChI is InChI=1S/C25H27N5O7S2.CH4/c31-22(26-13-14-27-25(35)29-15-17-7-3-1-4-8-17)20-11-12-21(38-20)23(32)28-16-19(24(33)34)30-39(36,37)18-9-5-2-6-10-18;/h1-12,19,30H,13-16H2,(H,26,31)(H,28,32)(H,33,34)(H2,27,29,35);1H4/t19-;/m0./s1. The summed E-state index contributed by atoms with van der Waals surface area (Å²) >= 11 is 0.879.